The van der Waals surface area contributed by atoms with Gasteiger partial charge in [-0.25, -0.2) is 8.42 Å². The van der Waals surface area contributed by atoms with Crippen molar-refractivity contribution in [1.29, 1.82) is 0 Å². The maximum absolute atomic E-state index is 12.6. The van der Waals surface area contributed by atoms with E-state index in [9.17, 15) is 8.42 Å². The predicted molar refractivity (Wildman–Crippen MR) is 88.4 cm³/mol. The summed E-state index contributed by atoms with van der Waals surface area (Å²) in [6.45, 7) is 2.17. The molecule has 0 amide bonds. The molecule has 0 aromatic heterocycles. The minimum atomic E-state index is -3.60. The molecule has 0 aliphatic carbocycles. The van der Waals surface area contributed by atoms with Gasteiger partial charge in [0, 0.05) is 18.1 Å². The van der Waals surface area contributed by atoms with Crippen molar-refractivity contribution in [2.75, 3.05) is 12.8 Å². The molecule has 2 aromatic rings. The highest BCUT2D eigenvalue weighted by molar-refractivity contribution is 9.10. The zero-order chi connectivity index (χ0) is 15.6. The summed E-state index contributed by atoms with van der Waals surface area (Å²) >= 11 is 3.36. The molecule has 2 rings (SSSR count). The molecule has 21 heavy (non-hydrogen) atoms. The second-order valence-corrected chi connectivity index (χ2v) is 7.86. The van der Waals surface area contributed by atoms with Crippen LogP contribution in [0.5, 0.6) is 0 Å². The Balaban J connectivity index is 2.28. The minimum absolute atomic E-state index is 0.146. The average molecular weight is 369 g/mol. The summed E-state index contributed by atoms with van der Waals surface area (Å²) in [5.74, 6) is 0. The highest BCUT2D eigenvalue weighted by Crippen LogP contribution is 2.24. The second kappa shape index (κ2) is 6.17. The van der Waals surface area contributed by atoms with Gasteiger partial charge in [0.15, 0.2) is 0 Å². The van der Waals surface area contributed by atoms with Crippen molar-refractivity contribution in [1.82, 2.24) is 4.31 Å². The maximum Gasteiger partial charge on any atom is 0.245 e. The Hall–Kier alpha value is -1.37. The number of aryl methyl sites for hydroxylation is 1. The monoisotopic (exact) mass is 368 g/mol. The van der Waals surface area contributed by atoms with E-state index in [1.165, 1.54) is 4.31 Å². The molecule has 0 heterocycles. The van der Waals surface area contributed by atoms with Crippen LogP contribution in [-0.2, 0) is 16.6 Å². The lowest BCUT2D eigenvalue weighted by Crippen LogP contribution is -2.27. The van der Waals surface area contributed by atoms with Crippen LogP contribution >= 0.6 is 15.9 Å². The summed E-state index contributed by atoms with van der Waals surface area (Å²) in [5, 5.41) is 0. The normalized spacial score (nSPS) is 11.8. The Morgan fingerprint density at radius 2 is 1.76 bits per heavy atom. The Labute approximate surface area is 133 Å². The lowest BCUT2D eigenvalue weighted by Gasteiger charge is -2.18. The molecule has 0 fully saturated rings. The number of hydrogen-bond acceptors (Lipinski definition) is 3. The van der Waals surface area contributed by atoms with Crippen LogP contribution in [0.15, 0.2) is 51.8 Å². The van der Waals surface area contributed by atoms with E-state index in [0.29, 0.717) is 6.54 Å². The van der Waals surface area contributed by atoms with Gasteiger partial charge in [-0.1, -0.05) is 34.1 Å². The summed E-state index contributed by atoms with van der Waals surface area (Å²) in [4.78, 5) is 0.146. The van der Waals surface area contributed by atoms with Crippen molar-refractivity contribution in [3.8, 4) is 0 Å². The van der Waals surface area contributed by atoms with E-state index in [1.54, 1.807) is 25.2 Å². The summed E-state index contributed by atoms with van der Waals surface area (Å²) in [5.41, 5.74) is 7.97. The first-order valence-electron chi connectivity index (χ1n) is 6.37. The van der Waals surface area contributed by atoms with Crippen molar-refractivity contribution in [3.05, 3.63) is 58.1 Å². The summed E-state index contributed by atoms with van der Waals surface area (Å²) in [6, 6.07) is 12.5. The van der Waals surface area contributed by atoms with Gasteiger partial charge >= 0.3 is 0 Å². The van der Waals surface area contributed by atoms with Crippen molar-refractivity contribution in [2.45, 2.75) is 18.4 Å². The third-order valence-electron chi connectivity index (χ3n) is 3.17. The van der Waals surface area contributed by atoms with Gasteiger partial charge in [-0.15, -0.1) is 0 Å². The maximum atomic E-state index is 12.6. The number of halogens is 1. The third-order valence-corrected chi connectivity index (χ3v) is 5.58. The molecule has 6 heteroatoms. The molecule has 0 spiro atoms. The molecule has 0 unspecified atom stereocenters. The zero-order valence-corrected chi connectivity index (χ0v) is 14.3. The lowest BCUT2D eigenvalue weighted by atomic mass is 10.2. The van der Waals surface area contributed by atoms with Gasteiger partial charge in [0.2, 0.25) is 10.0 Å². The first-order chi connectivity index (χ1) is 9.80. The van der Waals surface area contributed by atoms with Crippen molar-refractivity contribution >= 4 is 31.6 Å². The number of nitrogen functional groups attached to an aromatic ring is 1. The van der Waals surface area contributed by atoms with Crippen molar-refractivity contribution in [3.63, 3.8) is 0 Å². The van der Waals surface area contributed by atoms with E-state index < -0.39 is 10.0 Å². The lowest BCUT2D eigenvalue weighted by molar-refractivity contribution is 0.467. The third kappa shape index (κ3) is 3.64. The van der Waals surface area contributed by atoms with Gasteiger partial charge in [0.1, 0.15) is 4.90 Å². The van der Waals surface area contributed by atoms with Crippen molar-refractivity contribution in [2.24, 2.45) is 0 Å². The zero-order valence-electron chi connectivity index (χ0n) is 11.9. The van der Waals surface area contributed by atoms with E-state index in [0.717, 1.165) is 15.6 Å². The summed E-state index contributed by atoms with van der Waals surface area (Å²) in [6.07, 6.45) is 0. The molecule has 112 valence electrons. The molecule has 0 aliphatic rings. The first kappa shape index (κ1) is 16.0. The molecule has 0 atom stereocenters. The molecular weight excluding hydrogens is 352 g/mol. The minimum Gasteiger partial charge on any atom is -0.398 e. The molecule has 2 aromatic carbocycles. The fourth-order valence-corrected chi connectivity index (χ4v) is 3.52. The Morgan fingerprint density at radius 3 is 2.33 bits per heavy atom. The molecular formula is C15H17BrN2O2S. The number of benzene rings is 2. The Kier molecular flexibility index (Phi) is 4.70. The highest BCUT2D eigenvalue weighted by Gasteiger charge is 2.23. The van der Waals surface area contributed by atoms with Crippen LogP contribution in [0.3, 0.4) is 0 Å². The predicted octanol–water partition coefficient (Wildman–Crippen LogP) is 3.16. The van der Waals surface area contributed by atoms with E-state index in [2.05, 4.69) is 15.9 Å². The van der Waals surface area contributed by atoms with Crippen LogP contribution in [-0.4, -0.2) is 19.8 Å². The van der Waals surface area contributed by atoms with Gasteiger partial charge < -0.3 is 5.73 Å². The number of nitrogens with two attached hydrogens (primary N) is 1. The quantitative estimate of drug-likeness (QED) is 0.842. The first-order valence-corrected chi connectivity index (χ1v) is 8.61. The molecule has 2 N–H and O–H groups in total. The van der Waals surface area contributed by atoms with Crippen LogP contribution in [0.4, 0.5) is 5.69 Å². The summed E-state index contributed by atoms with van der Waals surface area (Å²) in [7, 11) is -2.05. The number of sulfonamides is 1. The van der Waals surface area contributed by atoms with Gasteiger partial charge in [0.25, 0.3) is 0 Å². The fourth-order valence-electron chi connectivity index (χ4n) is 2.00. The highest BCUT2D eigenvalue weighted by atomic mass is 79.9. The van der Waals surface area contributed by atoms with E-state index in [1.807, 2.05) is 31.2 Å². The van der Waals surface area contributed by atoms with Crippen molar-refractivity contribution < 1.29 is 8.42 Å². The van der Waals surface area contributed by atoms with E-state index >= 15 is 0 Å². The number of hydrogen-bond donors (Lipinski definition) is 1. The van der Waals surface area contributed by atoms with E-state index in [4.69, 9.17) is 5.73 Å². The number of rotatable bonds is 4. The van der Waals surface area contributed by atoms with Crippen LogP contribution in [0, 0.1) is 6.92 Å². The molecule has 0 saturated carbocycles. The van der Waals surface area contributed by atoms with Gasteiger partial charge in [-0.05, 0) is 42.3 Å². The average Bonchev–Trinajstić information content (AvgIpc) is 2.40. The Bertz CT molecular complexity index is 743. The smallest absolute Gasteiger partial charge is 0.245 e. The molecule has 0 radical (unpaired) electrons. The molecule has 4 nitrogen and oxygen atoms in total. The summed E-state index contributed by atoms with van der Waals surface area (Å²) < 4.78 is 27.4. The topological polar surface area (TPSA) is 63.4 Å². The van der Waals surface area contributed by atoms with Crippen LogP contribution in [0.1, 0.15) is 11.1 Å². The van der Waals surface area contributed by atoms with Gasteiger partial charge in [-0.3, -0.25) is 0 Å². The number of nitrogens with zero attached hydrogens (tertiary/aromatic N) is 1. The molecule has 0 bridgehead atoms. The SMILES string of the molecule is Cc1ccc(S(=O)(=O)N(C)Cc2ccc(Br)cc2)c(N)c1. The van der Waals surface area contributed by atoms with Gasteiger partial charge in [0.05, 0.1) is 5.69 Å². The number of anilines is 1. The molecule has 0 aliphatic heterocycles. The Morgan fingerprint density at radius 1 is 1.14 bits per heavy atom. The van der Waals surface area contributed by atoms with Gasteiger partial charge in [-0.2, -0.15) is 4.31 Å². The molecule has 0 saturated heterocycles. The fraction of sp³-hybridized carbons (Fsp3) is 0.200. The standard InChI is InChI=1S/C15H17BrN2O2S/c1-11-3-8-15(14(17)9-11)21(19,20)18(2)10-12-4-6-13(16)7-5-12/h3-9H,10,17H2,1-2H3. The van der Waals surface area contributed by atoms with Crippen LogP contribution < -0.4 is 5.73 Å². The van der Waals surface area contributed by atoms with Crippen LogP contribution in [0.2, 0.25) is 0 Å². The van der Waals surface area contributed by atoms with E-state index in [-0.39, 0.29) is 10.6 Å². The largest absolute Gasteiger partial charge is 0.398 e. The second-order valence-electron chi connectivity index (χ2n) is 4.93. The van der Waals surface area contributed by atoms with Crippen LogP contribution in [0.25, 0.3) is 0 Å².